The summed E-state index contributed by atoms with van der Waals surface area (Å²) >= 11 is 0. The van der Waals surface area contributed by atoms with Crippen molar-refractivity contribution in [3.05, 3.63) is 35.9 Å². The summed E-state index contributed by atoms with van der Waals surface area (Å²) in [6.45, 7) is 1.95. The summed E-state index contributed by atoms with van der Waals surface area (Å²) in [6, 6.07) is 11.0. The highest BCUT2D eigenvalue weighted by Crippen LogP contribution is 2.29. The Morgan fingerprint density at radius 2 is 2.10 bits per heavy atom. The number of carbonyl (C=O) groups is 1. The minimum absolute atomic E-state index is 0.101. The van der Waals surface area contributed by atoms with Gasteiger partial charge in [-0.1, -0.05) is 36.8 Å². The van der Waals surface area contributed by atoms with Crippen LogP contribution in [0, 0.1) is 5.92 Å². The van der Waals surface area contributed by atoms with Gasteiger partial charge in [-0.3, -0.25) is 4.79 Å². The van der Waals surface area contributed by atoms with Crippen LogP contribution in [0.25, 0.3) is 0 Å². The van der Waals surface area contributed by atoms with Crippen molar-refractivity contribution in [2.24, 2.45) is 11.7 Å². The lowest BCUT2D eigenvalue weighted by molar-refractivity contribution is -0.122. The maximum absolute atomic E-state index is 11.9. The standard InChI is InChI=1S/C17H26N2O/c1-13(18)10-11-17(20)19-16-9-5-8-15(16)12-14-6-3-2-4-7-14/h2-4,6-7,13,15-16H,5,8-12,18H2,1H3,(H,19,20). The topological polar surface area (TPSA) is 55.1 Å². The van der Waals surface area contributed by atoms with Crippen molar-refractivity contribution < 1.29 is 4.79 Å². The Labute approximate surface area is 121 Å². The Bertz CT molecular complexity index is 416. The van der Waals surface area contributed by atoms with Crippen LogP contribution in [0.15, 0.2) is 30.3 Å². The number of nitrogens with one attached hydrogen (secondary N) is 1. The van der Waals surface area contributed by atoms with Crippen LogP contribution in [0.4, 0.5) is 0 Å². The number of nitrogens with two attached hydrogens (primary N) is 1. The van der Waals surface area contributed by atoms with E-state index in [0.29, 0.717) is 18.4 Å². The average molecular weight is 274 g/mol. The molecule has 1 aromatic carbocycles. The molecule has 3 heteroatoms. The maximum Gasteiger partial charge on any atom is 0.220 e. The molecule has 3 nitrogen and oxygen atoms in total. The highest BCUT2D eigenvalue weighted by molar-refractivity contribution is 5.76. The molecule has 1 aliphatic rings. The monoisotopic (exact) mass is 274 g/mol. The zero-order valence-electron chi connectivity index (χ0n) is 12.3. The zero-order chi connectivity index (χ0) is 14.4. The maximum atomic E-state index is 11.9. The molecule has 0 radical (unpaired) electrons. The lowest BCUT2D eigenvalue weighted by atomic mass is 9.94. The minimum Gasteiger partial charge on any atom is -0.353 e. The first-order valence-electron chi connectivity index (χ1n) is 7.74. The third kappa shape index (κ3) is 4.64. The Balaban J connectivity index is 1.83. The molecule has 0 aromatic heterocycles. The Morgan fingerprint density at radius 1 is 1.35 bits per heavy atom. The van der Waals surface area contributed by atoms with Crippen LogP contribution in [-0.4, -0.2) is 18.0 Å². The largest absolute Gasteiger partial charge is 0.353 e. The fraction of sp³-hybridized carbons (Fsp3) is 0.588. The Hall–Kier alpha value is -1.35. The van der Waals surface area contributed by atoms with E-state index in [1.54, 1.807) is 0 Å². The van der Waals surface area contributed by atoms with Gasteiger partial charge in [0, 0.05) is 18.5 Å². The van der Waals surface area contributed by atoms with Crippen molar-refractivity contribution in [1.82, 2.24) is 5.32 Å². The minimum atomic E-state index is 0.101. The van der Waals surface area contributed by atoms with E-state index in [1.165, 1.54) is 18.4 Å². The van der Waals surface area contributed by atoms with Gasteiger partial charge in [0.2, 0.25) is 5.91 Å². The lowest BCUT2D eigenvalue weighted by Gasteiger charge is -2.21. The van der Waals surface area contributed by atoms with Crippen LogP contribution in [0.5, 0.6) is 0 Å². The molecule has 1 amide bonds. The molecule has 0 aliphatic heterocycles. The molecular weight excluding hydrogens is 248 g/mol. The average Bonchev–Trinajstić information content (AvgIpc) is 2.85. The Morgan fingerprint density at radius 3 is 2.80 bits per heavy atom. The third-order valence-corrected chi connectivity index (χ3v) is 4.17. The highest BCUT2D eigenvalue weighted by Gasteiger charge is 2.28. The first kappa shape index (κ1) is 15.0. The second-order valence-corrected chi connectivity index (χ2v) is 6.07. The van der Waals surface area contributed by atoms with Gasteiger partial charge in [-0.25, -0.2) is 0 Å². The van der Waals surface area contributed by atoms with Crippen LogP contribution < -0.4 is 11.1 Å². The first-order valence-corrected chi connectivity index (χ1v) is 7.74. The van der Waals surface area contributed by atoms with E-state index in [2.05, 4.69) is 29.6 Å². The number of hydrogen-bond acceptors (Lipinski definition) is 2. The van der Waals surface area contributed by atoms with Crippen LogP contribution in [0.2, 0.25) is 0 Å². The molecule has 0 bridgehead atoms. The molecule has 0 heterocycles. The van der Waals surface area contributed by atoms with Gasteiger partial charge in [0.15, 0.2) is 0 Å². The summed E-state index contributed by atoms with van der Waals surface area (Å²) in [5, 5.41) is 3.21. The van der Waals surface area contributed by atoms with Gasteiger partial charge in [-0.2, -0.15) is 0 Å². The molecule has 2 rings (SSSR count). The van der Waals surface area contributed by atoms with Crippen molar-refractivity contribution in [3.63, 3.8) is 0 Å². The number of amides is 1. The van der Waals surface area contributed by atoms with E-state index in [-0.39, 0.29) is 11.9 Å². The molecule has 20 heavy (non-hydrogen) atoms. The number of benzene rings is 1. The van der Waals surface area contributed by atoms with Gasteiger partial charge in [0.05, 0.1) is 0 Å². The number of hydrogen-bond donors (Lipinski definition) is 2. The predicted octanol–water partition coefficient (Wildman–Crippen LogP) is 2.64. The van der Waals surface area contributed by atoms with Gasteiger partial charge in [-0.15, -0.1) is 0 Å². The summed E-state index contributed by atoms with van der Waals surface area (Å²) in [5.74, 6) is 0.740. The van der Waals surface area contributed by atoms with Crippen LogP contribution in [0.3, 0.4) is 0 Å². The SMILES string of the molecule is CC(N)CCC(=O)NC1CCCC1Cc1ccccc1. The van der Waals surface area contributed by atoms with E-state index in [1.807, 2.05) is 13.0 Å². The number of rotatable bonds is 6. The van der Waals surface area contributed by atoms with E-state index >= 15 is 0 Å². The quantitative estimate of drug-likeness (QED) is 0.838. The highest BCUT2D eigenvalue weighted by atomic mass is 16.1. The summed E-state index contributed by atoms with van der Waals surface area (Å²) < 4.78 is 0. The molecule has 1 aliphatic carbocycles. The fourth-order valence-electron chi connectivity index (χ4n) is 3.03. The van der Waals surface area contributed by atoms with Gasteiger partial charge >= 0.3 is 0 Å². The van der Waals surface area contributed by atoms with E-state index < -0.39 is 0 Å². The van der Waals surface area contributed by atoms with E-state index in [4.69, 9.17) is 5.73 Å². The smallest absolute Gasteiger partial charge is 0.220 e. The fourth-order valence-corrected chi connectivity index (χ4v) is 3.03. The molecule has 110 valence electrons. The van der Waals surface area contributed by atoms with Gasteiger partial charge < -0.3 is 11.1 Å². The van der Waals surface area contributed by atoms with Gasteiger partial charge in [0.1, 0.15) is 0 Å². The van der Waals surface area contributed by atoms with Crippen molar-refractivity contribution in [3.8, 4) is 0 Å². The predicted molar refractivity (Wildman–Crippen MR) is 82.3 cm³/mol. The second kappa shape index (κ2) is 7.44. The van der Waals surface area contributed by atoms with Gasteiger partial charge in [-0.05, 0) is 44.1 Å². The Kier molecular flexibility index (Phi) is 5.60. The molecule has 1 aromatic rings. The first-order chi connectivity index (χ1) is 9.65. The summed E-state index contributed by atoms with van der Waals surface area (Å²) in [7, 11) is 0. The van der Waals surface area contributed by atoms with Crippen LogP contribution >= 0.6 is 0 Å². The number of carbonyl (C=O) groups excluding carboxylic acids is 1. The van der Waals surface area contributed by atoms with Crippen molar-refractivity contribution >= 4 is 5.91 Å². The molecule has 0 spiro atoms. The van der Waals surface area contributed by atoms with Crippen molar-refractivity contribution in [2.45, 2.75) is 57.5 Å². The van der Waals surface area contributed by atoms with Crippen LogP contribution in [-0.2, 0) is 11.2 Å². The van der Waals surface area contributed by atoms with Crippen LogP contribution in [0.1, 0.15) is 44.6 Å². The lowest BCUT2D eigenvalue weighted by Crippen LogP contribution is -2.38. The second-order valence-electron chi connectivity index (χ2n) is 6.07. The molecule has 3 N–H and O–H groups in total. The summed E-state index contributed by atoms with van der Waals surface area (Å²) in [4.78, 5) is 11.9. The normalized spacial score (nSPS) is 23.5. The van der Waals surface area contributed by atoms with Crippen molar-refractivity contribution in [1.29, 1.82) is 0 Å². The molecule has 1 fully saturated rings. The summed E-state index contributed by atoms with van der Waals surface area (Å²) in [6.07, 6.45) is 5.93. The third-order valence-electron chi connectivity index (χ3n) is 4.17. The molecule has 3 atom stereocenters. The molecule has 0 saturated heterocycles. The van der Waals surface area contributed by atoms with E-state index in [0.717, 1.165) is 19.3 Å². The molecule has 3 unspecified atom stereocenters. The molecule has 1 saturated carbocycles. The van der Waals surface area contributed by atoms with Gasteiger partial charge in [0.25, 0.3) is 0 Å². The van der Waals surface area contributed by atoms with Crippen molar-refractivity contribution in [2.75, 3.05) is 0 Å². The summed E-state index contributed by atoms with van der Waals surface area (Å²) in [5.41, 5.74) is 7.07. The zero-order valence-corrected chi connectivity index (χ0v) is 12.3. The molecular formula is C17H26N2O. The van der Waals surface area contributed by atoms with E-state index in [9.17, 15) is 4.79 Å².